The molecule has 1 unspecified atom stereocenters. The van der Waals surface area contributed by atoms with Crippen molar-refractivity contribution in [1.82, 2.24) is 5.32 Å². The lowest BCUT2D eigenvalue weighted by Crippen LogP contribution is -2.43. The first-order valence-electron chi connectivity index (χ1n) is 7.37. The van der Waals surface area contributed by atoms with Gasteiger partial charge in [0, 0.05) is 12.6 Å². The van der Waals surface area contributed by atoms with Crippen molar-refractivity contribution in [2.45, 2.75) is 51.4 Å². The average Bonchev–Trinajstić information content (AvgIpc) is 2.41. The number of alkyl carbamates (subject to hydrolysis) is 1. The minimum absolute atomic E-state index is 0.222. The van der Waals surface area contributed by atoms with Crippen LogP contribution in [0.5, 0.6) is 0 Å². The van der Waals surface area contributed by atoms with Crippen molar-refractivity contribution in [3.05, 3.63) is 35.4 Å². The molecule has 4 nitrogen and oxygen atoms in total. The SMILES string of the molecule is CC(C)(C)OC(=O)NC(CN)CCc1ccc(C(F)(F)F)cc1. The van der Waals surface area contributed by atoms with Gasteiger partial charge in [-0.05, 0) is 51.3 Å². The molecular weight excluding hydrogens is 309 g/mol. The van der Waals surface area contributed by atoms with Crippen LogP contribution in [0, 0.1) is 0 Å². The lowest BCUT2D eigenvalue weighted by atomic mass is 10.0. The van der Waals surface area contributed by atoms with E-state index in [1.54, 1.807) is 20.8 Å². The fraction of sp³-hybridized carbons (Fsp3) is 0.562. The molecule has 23 heavy (non-hydrogen) atoms. The standard InChI is InChI=1S/C16H23F3N2O2/c1-15(2,3)23-14(22)21-13(10-20)9-6-11-4-7-12(8-5-11)16(17,18)19/h4-5,7-8,13H,6,9-10,20H2,1-3H3,(H,21,22). The van der Waals surface area contributed by atoms with E-state index in [1.165, 1.54) is 12.1 Å². The van der Waals surface area contributed by atoms with Crippen LogP contribution in [0.4, 0.5) is 18.0 Å². The Balaban J connectivity index is 2.53. The Labute approximate surface area is 134 Å². The highest BCUT2D eigenvalue weighted by molar-refractivity contribution is 5.68. The lowest BCUT2D eigenvalue weighted by Gasteiger charge is -2.23. The van der Waals surface area contributed by atoms with E-state index in [0.717, 1.165) is 17.7 Å². The predicted octanol–water partition coefficient (Wildman–Crippen LogP) is 3.49. The molecule has 0 aliphatic heterocycles. The topological polar surface area (TPSA) is 64.3 Å². The third-order valence-electron chi connectivity index (χ3n) is 3.07. The molecule has 0 fully saturated rings. The van der Waals surface area contributed by atoms with Crippen molar-refractivity contribution in [2.75, 3.05) is 6.54 Å². The number of ether oxygens (including phenoxy) is 1. The highest BCUT2D eigenvalue weighted by Crippen LogP contribution is 2.29. The first-order chi connectivity index (χ1) is 10.5. The van der Waals surface area contributed by atoms with E-state index in [9.17, 15) is 18.0 Å². The monoisotopic (exact) mass is 332 g/mol. The first kappa shape index (κ1) is 19.3. The Bertz CT molecular complexity index is 508. The summed E-state index contributed by atoms with van der Waals surface area (Å²) in [5, 5.41) is 2.66. The van der Waals surface area contributed by atoms with E-state index < -0.39 is 23.4 Å². The maximum atomic E-state index is 12.5. The number of carbonyl (C=O) groups is 1. The van der Waals surface area contributed by atoms with Gasteiger partial charge in [0.1, 0.15) is 5.60 Å². The molecule has 3 N–H and O–H groups in total. The van der Waals surface area contributed by atoms with Crippen LogP contribution in [-0.4, -0.2) is 24.3 Å². The number of nitrogens with two attached hydrogens (primary N) is 1. The summed E-state index contributed by atoms with van der Waals surface area (Å²) in [6.07, 6.45) is -3.87. The van der Waals surface area contributed by atoms with Crippen LogP contribution >= 0.6 is 0 Å². The van der Waals surface area contributed by atoms with Crippen molar-refractivity contribution in [3.8, 4) is 0 Å². The summed E-state index contributed by atoms with van der Waals surface area (Å²) in [4.78, 5) is 11.7. The largest absolute Gasteiger partial charge is 0.444 e. The van der Waals surface area contributed by atoms with Gasteiger partial charge >= 0.3 is 12.3 Å². The zero-order valence-electron chi connectivity index (χ0n) is 13.5. The van der Waals surface area contributed by atoms with Crippen LogP contribution in [-0.2, 0) is 17.3 Å². The van der Waals surface area contributed by atoms with Gasteiger partial charge in [-0.25, -0.2) is 4.79 Å². The van der Waals surface area contributed by atoms with E-state index in [0.29, 0.717) is 12.8 Å². The second-order valence-corrected chi connectivity index (χ2v) is 6.31. The van der Waals surface area contributed by atoms with Crippen LogP contribution in [0.3, 0.4) is 0 Å². The highest BCUT2D eigenvalue weighted by atomic mass is 19.4. The molecule has 130 valence electrons. The summed E-state index contributed by atoms with van der Waals surface area (Å²) in [5.74, 6) is 0. The fourth-order valence-electron chi connectivity index (χ4n) is 1.92. The lowest BCUT2D eigenvalue weighted by molar-refractivity contribution is -0.137. The van der Waals surface area contributed by atoms with Crippen LogP contribution < -0.4 is 11.1 Å². The van der Waals surface area contributed by atoms with Crippen molar-refractivity contribution in [2.24, 2.45) is 5.73 Å². The Morgan fingerprint density at radius 3 is 2.22 bits per heavy atom. The Hall–Kier alpha value is -1.76. The van der Waals surface area contributed by atoms with Crippen LogP contribution in [0.2, 0.25) is 0 Å². The molecule has 0 spiro atoms. The number of alkyl halides is 3. The second kappa shape index (κ2) is 7.68. The van der Waals surface area contributed by atoms with E-state index in [-0.39, 0.29) is 12.6 Å². The number of rotatable bonds is 5. The highest BCUT2D eigenvalue weighted by Gasteiger charge is 2.29. The van der Waals surface area contributed by atoms with Gasteiger partial charge in [-0.3, -0.25) is 0 Å². The summed E-state index contributed by atoms with van der Waals surface area (Å²) in [5.41, 5.74) is 5.09. The maximum absolute atomic E-state index is 12.5. The number of benzene rings is 1. The Morgan fingerprint density at radius 1 is 1.22 bits per heavy atom. The van der Waals surface area contributed by atoms with Gasteiger partial charge in [-0.15, -0.1) is 0 Å². The minimum atomic E-state index is -4.34. The number of halogens is 3. The maximum Gasteiger partial charge on any atom is 0.416 e. The predicted molar refractivity (Wildman–Crippen MR) is 82.0 cm³/mol. The number of hydrogen-bond donors (Lipinski definition) is 2. The molecule has 1 aromatic rings. The average molecular weight is 332 g/mol. The van der Waals surface area contributed by atoms with E-state index in [2.05, 4.69) is 5.32 Å². The second-order valence-electron chi connectivity index (χ2n) is 6.31. The van der Waals surface area contributed by atoms with Crippen LogP contribution in [0.25, 0.3) is 0 Å². The molecule has 0 radical (unpaired) electrons. The molecule has 0 heterocycles. The van der Waals surface area contributed by atoms with E-state index in [4.69, 9.17) is 10.5 Å². The summed E-state index contributed by atoms with van der Waals surface area (Å²) < 4.78 is 42.6. The van der Waals surface area contributed by atoms with Crippen LogP contribution in [0.1, 0.15) is 38.3 Å². The van der Waals surface area contributed by atoms with Crippen molar-refractivity contribution in [1.29, 1.82) is 0 Å². The molecule has 1 amide bonds. The number of aryl methyl sites for hydroxylation is 1. The Morgan fingerprint density at radius 2 is 1.78 bits per heavy atom. The van der Waals surface area contributed by atoms with Crippen molar-refractivity contribution in [3.63, 3.8) is 0 Å². The third-order valence-corrected chi connectivity index (χ3v) is 3.07. The fourth-order valence-corrected chi connectivity index (χ4v) is 1.92. The quantitative estimate of drug-likeness (QED) is 0.867. The zero-order chi connectivity index (χ0) is 17.7. The summed E-state index contributed by atoms with van der Waals surface area (Å²) in [7, 11) is 0. The minimum Gasteiger partial charge on any atom is -0.444 e. The van der Waals surface area contributed by atoms with Crippen LogP contribution in [0.15, 0.2) is 24.3 Å². The van der Waals surface area contributed by atoms with Gasteiger partial charge in [-0.1, -0.05) is 12.1 Å². The van der Waals surface area contributed by atoms with Gasteiger partial charge in [-0.2, -0.15) is 13.2 Å². The molecule has 0 saturated carbocycles. The zero-order valence-corrected chi connectivity index (χ0v) is 13.5. The van der Waals surface area contributed by atoms with E-state index in [1.807, 2.05) is 0 Å². The van der Waals surface area contributed by atoms with Gasteiger partial charge in [0.2, 0.25) is 0 Å². The number of carbonyl (C=O) groups excluding carboxylic acids is 1. The molecule has 0 aliphatic carbocycles. The molecule has 1 atom stereocenters. The molecule has 0 bridgehead atoms. The molecule has 0 aromatic heterocycles. The summed E-state index contributed by atoms with van der Waals surface area (Å²) in [6, 6.07) is 4.67. The number of hydrogen-bond acceptors (Lipinski definition) is 3. The van der Waals surface area contributed by atoms with Gasteiger partial charge in [0.05, 0.1) is 5.56 Å². The van der Waals surface area contributed by atoms with Crippen molar-refractivity contribution >= 4 is 6.09 Å². The van der Waals surface area contributed by atoms with Gasteiger partial charge < -0.3 is 15.8 Å². The van der Waals surface area contributed by atoms with Crippen molar-refractivity contribution < 1.29 is 22.7 Å². The summed E-state index contributed by atoms with van der Waals surface area (Å²) in [6.45, 7) is 5.49. The summed E-state index contributed by atoms with van der Waals surface area (Å²) >= 11 is 0. The van der Waals surface area contributed by atoms with Gasteiger partial charge in [0.25, 0.3) is 0 Å². The normalized spacial score (nSPS) is 13.5. The first-order valence-corrected chi connectivity index (χ1v) is 7.37. The molecule has 1 aromatic carbocycles. The Kier molecular flexibility index (Phi) is 6.44. The number of nitrogens with one attached hydrogen (secondary N) is 1. The molecule has 0 aliphatic rings. The number of amides is 1. The molecular formula is C16H23F3N2O2. The smallest absolute Gasteiger partial charge is 0.416 e. The third kappa shape index (κ3) is 7.36. The van der Waals surface area contributed by atoms with E-state index >= 15 is 0 Å². The molecule has 1 rings (SSSR count). The van der Waals surface area contributed by atoms with Gasteiger partial charge in [0.15, 0.2) is 0 Å². The molecule has 7 heteroatoms. The molecule has 0 saturated heterocycles.